The van der Waals surface area contributed by atoms with Gasteiger partial charge in [-0.25, -0.2) is 12.8 Å². The molecule has 0 radical (unpaired) electrons. The predicted octanol–water partition coefficient (Wildman–Crippen LogP) is 3.93. The van der Waals surface area contributed by atoms with Crippen molar-refractivity contribution >= 4 is 27.5 Å². The number of aryl methyl sites for hydroxylation is 1. The number of nitrogens with zero attached hydrogens (tertiary/aromatic N) is 2. The molecule has 0 aliphatic heterocycles. The van der Waals surface area contributed by atoms with E-state index in [1.807, 2.05) is 33.8 Å². The lowest BCUT2D eigenvalue weighted by Crippen LogP contribution is -2.55. The van der Waals surface area contributed by atoms with Crippen LogP contribution in [-0.4, -0.2) is 49.5 Å². The predicted molar refractivity (Wildman–Crippen MR) is 137 cm³/mol. The Balaban J connectivity index is 2.49. The van der Waals surface area contributed by atoms with Gasteiger partial charge in [0, 0.05) is 12.1 Å². The summed E-state index contributed by atoms with van der Waals surface area (Å²) in [5, 5.41) is 2.91. The molecule has 0 spiro atoms. The number of rotatable bonds is 9. The highest BCUT2D eigenvalue weighted by Gasteiger charge is 2.33. The largest absolute Gasteiger partial charge is 0.350 e. The number of carbonyl (C=O) groups is 2. The van der Waals surface area contributed by atoms with Crippen molar-refractivity contribution in [1.82, 2.24) is 10.2 Å². The van der Waals surface area contributed by atoms with Crippen LogP contribution in [0.1, 0.15) is 50.8 Å². The van der Waals surface area contributed by atoms with Gasteiger partial charge in [0.05, 0.1) is 11.9 Å². The van der Waals surface area contributed by atoms with Gasteiger partial charge in [0.15, 0.2) is 0 Å². The summed E-state index contributed by atoms with van der Waals surface area (Å²) in [5.74, 6) is -1.29. The van der Waals surface area contributed by atoms with Crippen LogP contribution in [0.2, 0.25) is 0 Å². The van der Waals surface area contributed by atoms with Gasteiger partial charge < -0.3 is 10.2 Å². The zero-order valence-corrected chi connectivity index (χ0v) is 22.4. The highest BCUT2D eigenvalue weighted by Crippen LogP contribution is 2.25. The van der Waals surface area contributed by atoms with E-state index in [-0.39, 0.29) is 12.5 Å². The molecule has 7 nitrogen and oxygen atoms in total. The summed E-state index contributed by atoms with van der Waals surface area (Å²) >= 11 is 0. The molecule has 0 fully saturated rings. The molecule has 2 rings (SSSR count). The maximum absolute atomic E-state index is 13.7. The van der Waals surface area contributed by atoms with Crippen LogP contribution in [0.5, 0.6) is 0 Å². The van der Waals surface area contributed by atoms with E-state index in [1.54, 1.807) is 38.1 Å². The fraction of sp³-hybridized carbons (Fsp3) is 0.462. The molecule has 2 aromatic carbocycles. The van der Waals surface area contributed by atoms with Crippen LogP contribution < -0.4 is 9.62 Å². The lowest BCUT2D eigenvalue weighted by atomic mass is 10.1. The van der Waals surface area contributed by atoms with Gasteiger partial charge >= 0.3 is 0 Å². The van der Waals surface area contributed by atoms with Gasteiger partial charge in [0.25, 0.3) is 0 Å². The van der Waals surface area contributed by atoms with Crippen LogP contribution in [-0.2, 0) is 26.2 Å². The van der Waals surface area contributed by atoms with Crippen molar-refractivity contribution in [1.29, 1.82) is 0 Å². The van der Waals surface area contributed by atoms with Crippen molar-refractivity contribution < 1.29 is 22.4 Å². The normalized spacial score (nSPS) is 12.7. The summed E-state index contributed by atoms with van der Waals surface area (Å²) in [4.78, 5) is 28.2. The van der Waals surface area contributed by atoms with Gasteiger partial charge in [-0.15, -0.1) is 0 Å². The summed E-state index contributed by atoms with van der Waals surface area (Å²) in [6.07, 6.45) is 1.37. The van der Waals surface area contributed by atoms with Crippen LogP contribution >= 0.6 is 0 Å². The van der Waals surface area contributed by atoms with Crippen LogP contribution in [0.4, 0.5) is 10.1 Å². The van der Waals surface area contributed by atoms with Gasteiger partial charge in [-0.2, -0.15) is 0 Å². The van der Waals surface area contributed by atoms with E-state index in [0.29, 0.717) is 17.7 Å². The molecule has 0 aliphatic rings. The second-order valence-electron chi connectivity index (χ2n) is 9.80. The minimum Gasteiger partial charge on any atom is -0.350 e. The Morgan fingerprint density at radius 3 is 2.17 bits per heavy atom. The smallest absolute Gasteiger partial charge is 0.244 e. The average molecular weight is 506 g/mol. The highest BCUT2D eigenvalue weighted by atomic mass is 32.2. The highest BCUT2D eigenvalue weighted by molar-refractivity contribution is 7.92. The van der Waals surface area contributed by atoms with Gasteiger partial charge in [-0.05, 0) is 75.9 Å². The number of anilines is 1. The molecule has 0 bridgehead atoms. The molecule has 0 saturated heterocycles. The van der Waals surface area contributed by atoms with Crippen molar-refractivity contribution in [3.63, 3.8) is 0 Å². The molecule has 0 aliphatic carbocycles. The zero-order chi connectivity index (χ0) is 26.6. The quantitative estimate of drug-likeness (QED) is 0.560. The first-order valence-corrected chi connectivity index (χ1v) is 13.4. The van der Waals surface area contributed by atoms with Gasteiger partial charge in [-0.3, -0.25) is 13.9 Å². The molecule has 9 heteroatoms. The molecular weight excluding hydrogens is 469 g/mol. The minimum atomic E-state index is -3.81. The van der Waals surface area contributed by atoms with Crippen molar-refractivity contribution in [2.24, 2.45) is 0 Å². The number of carbonyl (C=O) groups excluding carboxylic acids is 2. The summed E-state index contributed by atoms with van der Waals surface area (Å²) < 4.78 is 40.0. The Bertz CT molecular complexity index is 1160. The van der Waals surface area contributed by atoms with Gasteiger partial charge in [-0.1, -0.05) is 31.2 Å². The maximum atomic E-state index is 13.7. The van der Waals surface area contributed by atoms with Crippen LogP contribution in [0.3, 0.4) is 0 Å². The Kier molecular flexibility index (Phi) is 9.06. The molecule has 2 amide bonds. The third-order valence-corrected chi connectivity index (χ3v) is 6.80. The Morgan fingerprint density at radius 2 is 1.66 bits per heavy atom. The number of benzene rings is 2. The molecule has 0 saturated carbocycles. The van der Waals surface area contributed by atoms with Crippen LogP contribution in [0.15, 0.2) is 42.5 Å². The third-order valence-electron chi connectivity index (χ3n) is 5.67. The fourth-order valence-corrected chi connectivity index (χ4v) is 4.66. The standard InChI is InChI=1S/C26H36FN3O4S/c1-8-22(25(32)28-26(4,5)6)29(16-20-12-14-21(27)15-13-20)24(31)17-30(35(7,33)34)23-11-9-10-18(2)19(23)3/h9-15,22H,8,16-17H2,1-7H3,(H,28,32)/t22-/m1/s1. The monoisotopic (exact) mass is 505 g/mol. The van der Waals surface area contributed by atoms with Crippen LogP contribution in [0.25, 0.3) is 0 Å². The van der Waals surface area contributed by atoms with E-state index in [1.165, 1.54) is 17.0 Å². The molecule has 192 valence electrons. The number of hydrogen-bond donors (Lipinski definition) is 1. The molecule has 0 unspecified atom stereocenters. The molecule has 1 N–H and O–H groups in total. The van der Waals surface area contributed by atoms with E-state index < -0.39 is 39.9 Å². The van der Waals surface area contributed by atoms with E-state index in [2.05, 4.69) is 5.32 Å². The molecule has 0 heterocycles. The molecule has 0 aromatic heterocycles. The zero-order valence-electron chi connectivity index (χ0n) is 21.6. The average Bonchev–Trinajstić information content (AvgIpc) is 2.73. The summed E-state index contributed by atoms with van der Waals surface area (Å²) in [6.45, 7) is 10.5. The van der Waals surface area contributed by atoms with Gasteiger partial charge in [0.2, 0.25) is 21.8 Å². The Hall–Kier alpha value is -2.94. The second kappa shape index (κ2) is 11.2. The lowest BCUT2D eigenvalue weighted by Gasteiger charge is -2.34. The number of amides is 2. The Labute approximate surface area is 208 Å². The van der Waals surface area contributed by atoms with Crippen molar-refractivity contribution in [2.45, 2.75) is 66.1 Å². The van der Waals surface area contributed by atoms with E-state index in [9.17, 15) is 22.4 Å². The number of nitrogens with one attached hydrogen (secondary N) is 1. The number of sulfonamides is 1. The molecule has 1 atom stereocenters. The molecule has 2 aromatic rings. The lowest BCUT2D eigenvalue weighted by molar-refractivity contribution is -0.141. The fourth-order valence-electron chi connectivity index (χ4n) is 3.76. The SMILES string of the molecule is CC[C@H](C(=O)NC(C)(C)C)N(Cc1ccc(F)cc1)C(=O)CN(c1cccc(C)c1C)S(C)(=O)=O. The molecule has 35 heavy (non-hydrogen) atoms. The topological polar surface area (TPSA) is 86.8 Å². The van der Waals surface area contributed by atoms with Crippen molar-refractivity contribution in [2.75, 3.05) is 17.1 Å². The van der Waals surface area contributed by atoms with Gasteiger partial charge in [0.1, 0.15) is 18.4 Å². The summed E-state index contributed by atoms with van der Waals surface area (Å²) in [5.41, 5.74) is 2.15. The third kappa shape index (κ3) is 7.78. The first-order chi connectivity index (χ1) is 16.1. The first kappa shape index (κ1) is 28.3. The summed E-state index contributed by atoms with van der Waals surface area (Å²) in [6, 6.07) is 10.1. The van der Waals surface area contributed by atoms with Crippen LogP contribution in [0, 0.1) is 19.7 Å². The number of halogens is 1. The van der Waals surface area contributed by atoms with Crippen molar-refractivity contribution in [3.05, 3.63) is 65.0 Å². The minimum absolute atomic E-state index is 0.0274. The van der Waals surface area contributed by atoms with E-state index >= 15 is 0 Å². The first-order valence-electron chi connectivity index (χ1n) is 11.5. The molecular formula is C26H36FN3O4S. The maximum Gasteiger partial charge on any atom is 0.244 e. The van der Waals surface area contributed by atoms with Crippen molar-refractivity contribution in [3.8, 4) is 0 Å². The summed E-state index contributed by atoms with van der Waals surface area (Å²) in [7, 11) is -3.81. The van der Waals surface area contributed by atoms with E-state index in [0.717, 1.165) is 21.7 Å². The number of hydrogen-bond acceptors (Lipinski definition) is 4. The second-order valence-corrected chi connectivity index (χ2v) is 11.7. The Morgan fingerprint density at radius 1 is 1.06 bits per heavy atom. The van der Waals surface area contributed by atoms with E-state index in [4.69, 9.17) is 0 Å².